The normalized spacial score (nSPS) is 12.8. The summed E-state index contributed by atoms with van der Waals surface area (Å²) in [6.45, 7) is 5.54. The highest BCUT2D eigenvalue weighted by atomic mass is 16.5. The quantitative estimate of drug-likeness (QED) is 0.568. The van der Waals surface area contributed by atoms with Crippen LogP contribution in [0.4, 0.5) is 0 Å². The van der Waals surface area contributed by atoms with Gasteiger partial charge in [-0.05, 0) is 32.3 Å². The van der Waals surface area contributed by atoms with E-state index in [4.69, 9.17) is 9.84 Å². The van der Waals surface area contributed by atoms with E-state index in [0.717, 1.165) is 18.4 Å². The number of allylic oxidation sites excluding steroid dienone is 2. The van der Waals surface area contributed by atoms with Gasteiger partial charge in [-0.3, -0.25) is 0 Å². The molecule has 104 valence electrons. The zero-order valence-corrected chi connectivity index (χ0v) is 11.9. The van der Waals surface area contributed by atoms with Gasteiger partial charge in [0.2, 0.25) is 0 Å². The summed E-state index contributed by atoms with van der Waals surface area (Å²) >= 11 is 0. The van der Waals surface area contributed by atoms with Crippen molar-refractivity contribution in [1.82, 2.24) is 0 Å². The van der Waals surface area contributed by atoms with Crippen LogP contribution >= 0.6 is 0 Å². The summed E-state index contributed by atoms with van der Waals surface area (Å²) in [6.07, 6.45) is 6.21. The van der Waals surface area contributed by atoms with E-state index in [1.807, 2.05) is 25.1 Å². The van der Waals surface area contributed by atoms with Crippen LogP contribution in [0.15, 0.2) is 53.6 Å². The number of aliphatic hydroxyl groups is 1. The third kappa shape index (κ3) is 7.60. The van der Waals surface area contributed by atoms with E-state index in [-0.39, 0.29) is 6.61 Å². The van der Waals surface area contributed by atoms with Crippen molar-refractivity contribution >= 4 is 0 Å². The Labute approximate surface area is 116 Å². The number of ether oxygens (including phenoxy) is 1. The van der Waals surface area contributed by atoms with Crippen LogP contribution in [-0.2, 0) is 11.3 Å². The fourth-order valence-corrected chi connectivity index (χ4v) is 1.67. The summed E-state index contributed by atoms with van der Waals surface area (Å²) in [7, 11) is 0. The molecule has 0 radical (unpaired) electrons. The minimum atomic E-state index is 0.156. The topological polar surface area (TPSA) is 29.5 Å². The van der Waals surface area contributed by atoms with Crippen LogP contribution < -0.4 is 0 Å². The number of rotatable bonds is 8. The summed E-state index contributed by atoms with van der Waals surface area (Å²) in [6, 6.07) is 10.2. The van der Waals surface area contributed by atoms with Gasteiger partial charge in [-0.15, -0.1) is 0 Å². The van der Waals surface area contributed by atoms with Crippen LogP contribution in [0.25, 0.3) is 0 Å². The van der Waals surface area contributed by atoms with E-state index in [2.05, 4.69) is 31.2 Å². The molecule has 0 aliphatic heterocycles. The smallest absolute Gasteiger partial charge is 0.0721 e. The molecule has 0 aliphatic rings. The number of hydrogen-bond acceptors (Lipinski definition) is 2. The van der Waals surface area contributed by atoms with Crippen molar-refractivity contribution in [1.29, 1.82) is 0 Å². The van der Waals surface area contributed by atoms with Crippen molar-refractivity contribution in [3.05, 3.63) is 59.2 Å². The van der Waals surface area contributed by atoms with Gasteiger partial charge in [-0.2, -0.15) is 0 Å². The zero-order chi connectivity index (χ0) is 13.9. The molecule has 0 spiro atoms. The number of hydrogen-bond donors (Lipinski definition) is 1. The molecule has 0 heterocycles. The summed E-state index contributed by atoms with van der Waals surface area (Å²) in [5, 5.41) is 8.88. The molecule has 0 saturated carbocycles. The molecule has 0 bridgehead atoms. The Morgan fingerprint density at radius 2 is 1.84 bits per heavy atom. The van der Waals surface area contributed by atoms with Crippen LogP contribution in [-0.4, -0.2) is 18.3 Å². The lowest BCUT2D eigenvalue weighted by molar-refractivity contribution is 0.148. The molecule has 1 rings (SSSR count). The fourth-order valence-electron chi connectivity index (χ4n) is 1.67. The highest BCUT2D eigenvalue weighted by molar-refractivity contribution is 5.13. The van der Waals surface area contributed by atoms with Crippen LogP contribution in [0, 0.1) is 0 Å². The lowest BCUT2D eigenvalue weighted by Gasteiger charge is -2.03. The van der Waals surface area contributed by atoms with Gasteiger partial charge in [0.05, 0.1) is 19.8 Å². The van der Waals surface area contributed by atoms with E-state index in [1.165, 1.54) is 11.1 Å². The van der Waals surface area contributed by atoms with Crippen LogP contribution in [0.5, 0.6) is 0 Å². The van der Waals surface area contributed by atoms with Crippen molar-refractivity contribution in [2.75, 3.05) is 13.2 Å². The molecule has 0 aliphatic carbocycles. The minimum absolute atomic E-state index is 0.156. The average Bonchev–Trinajstić information content (AvgIpc) is 2.44. The third-order valence-corrected chi connectivity index (χ3v) is 2.94. The second kappa shape index (κ2) is 9.54. The van der Waals surface area contributed by atoms with Gasteiger partial charge in [-0.1, -0.05) is 53.6 Å². The summed E-state index contributed by atoms with van der Waals surface area (Å²) in [5.41, 5.74) is 3.57. The van der Waals surface area contributed by atoms with Crippen molar-refractivity contribution in [3.63, 3.8) is 0 Å². The molecular weight excluding hydrogens is 236 g/mol. The Balaban J connectivity index is 2.18. The zero-order valence-electron chi connectivity index (χ0n) is 11.9. The SMILES string of the molecule is C/C(=C\CC/C(C)=C/COCc1ccccc1)CO. The molecule has 2 nitrogen and oxygen atoms in total. The van der Waals surface area contributed by atoms with Crippen LogP contribution in [0.3, 0.4) is 0 Å². The first kappa shape index (κ1) is 15.7. The Morgan fingerprint density at radius 1 is 1.11 bits per heavy atom. The van der Waals surface area contributed by atoms with Crippen molar-refractivity contribution in [2.45, 2.75) is 33.3 Å². The minimum Gasteiger partial charge on any atom is -0.392 e. The maximum Gasteiger partial charge on any atom is 0.0721 e. The molecule has 19 heavy (non-hydrogen) atoms. The van der Waals surface area contributed by atoms with Crippen LogP contribution in [0.2, 0.25) is 0 Å². The van der Waals surface area contributed by atoms with E-state index >= 15 is 0 Å². The van der Waals surface area contributed by atoms with Gasteiger partial charge in [0.25, 0.3) is 0 Å². The molecule has 0 saturated heterocycles. The van der Waals surface area contributed by atoms with Gasteiger partial charge >= 0.3 is 0 Å². The molecule has 0 amide bonds. The number of aliphatic hydroxyl groups excluding tert-OH is 1. The van der Waals surface area contributed by atoms with Crippen LogP contribution in [0.1, 0.15) is 32.3 Å². The maximum atomic E-state index is 8.88. The molecule has 1 aromatic rings. The lowest BCUT2D eigenvalue weighted by atomic mass is 10.1. The standard InChI is InChI=1S/C17H24O2/c1-15(7-6-8-16(2)13-18)11-12-19-14-17-9-4-3-5-10-17/h3-5,8-11,18H,6-7,12-14H2,1-2H3/b15-11+,16-8+. The fraction of sp³-hybridized carbons (Fsp3) is 0.412. The average molecular weight is 260 g/mol. The van der Waals surface area contributed by atoms with Gasteiger partial charge in [0.15, 0.2) is 0 Å². The number of benzene rings is 1. The first-order valence-electron chi connectivity index (χ1n) is 6.76. The molecule has 1 aromatic carbocycles. The summed E-state index contributed by atoms with van der Waals surface area (Å²) < 4.78 is 5.61. The first-order valence-corrected chi connectivity index (χ1v) is 6.76. The summed E-state index contributed by atoms with van der Waals surface area (Å²) in [4.78, 5) is 0. The predicted molar refractivity (Wildman–Crippen MR) is 79.9 cm³/mol. The Kier molecular flexibility index (Phi) is 7.87. The van der Waals surface area contributed by atoms with Gasteiger partial charge in [-0.25, -0.2) is 0 Å². The van der Waals surface area contributed by atoms with E-state index in [9.17, 15) is 0 Å². The van der Waals surface area contributed by atoms with Crippen molar-refractivity contribution < 1.29 is 9.84 Å². The Morgan fingerprint density at radius 3 is 2.53 bits per heavy atom. The monoisotopic (exact) mass is 260 g/mol. The predicted octanol–water partition coefficient (Wildman–Crippen LogP) is 3.87. The lowest BCUT2D eigenvalue weighted by Crippen LogP contribution is -1.93. The second-order valence-electron chi connectivity index (χ2n) is 4.80. The van der Waals surface area contributed by atoms with Gasteiger partial charge < -0.3 is 9.84 Å². The molecule has 0 aromatic heterocycles. The Hall–Kier alpha value is -1.38. The highest BCUT2D eigenvalue weighted by Crippen LogP contribution is 2.07. The van der Waals surface area contributed by atoms with E-state index in [1.54, 1.807) is 0 Å². The van der Waals surface area contributed by atoms with Gasteiger partial charge in [0, 0.05) is 0 Å². The van der Waals surface area contributed by atoms with Crippen molar-refractivity contribution in [2.24, 2.45) is 0 Å². The molecule has 1 N–H and O–H groups in total. The molecule has 0 unspecified atom stereocenters. The largest absolute Gasteiger partial charge is 0.392 e. The van der Waals surface area contributed by atoms with Crippen molar-refractivity contribution in [3.8, 4) is 0 Å². The second-order valence-corrected chi connectivity index (χ2v) is 4.80. The molecular formula is C17H24O2. The Bertz CT molecular complexity index is 405. The van der Waals surface area contributed by atoms with Gasteiger partial charge in [0.1, 0.15) is 0 Å². The maximum absolute atomic E-state index is 8.88. The van der Waals surface area contributed by atoms with E-state index in [0.29, 0.717) is 13.2 Å². The molecule has 0 fully saturated rings. The summed E-state index contributed by atoms with van der Waals surface area (Å²) in [5.74, 6) is 0. The highest BCUT2D eigenvalue weighted by Gasteiger charge is 1.92. The molecule has 2 heteroatoms. The first-order chi connectivity index (χ1) is 9.22. The molecule has 0 atom stereocenters. The third-order valence-electron chi connectivity index (χ3n) is 2.94. The van der Waals surface area contributed by atoms with E-state index < -0.39 is 0 Å².